The fraction of sp³-hybridized carbons (Fsp3) is 0.480. The smallest absolute Gasteiger partial charge is 0.158 e. The molecule has 1 fully saturated rings. The zero-order valence-corrected chi connectivity index (χ0v) is 19.7. The van der Waals surface area contributed by atoms with Crippen molar-refractivity contribution in [2.45, 2.75) is 45.4 Å². The van der Waals surface area contributed by atoms with Gasteiger partial charge in [0.15, 0.2) is 11.5 Å². The van der Waals surface area contributed by atoms with Crippen LogP contribution in [-0.4, -0.2) is 62.8 Å². The van der Waals surface area contributed by atoms with Crippen molar-refractivity contribution >= 4 is 16.6 Å². The third kappa shape index (κ3) is 3.91. The second kappa shape index (κ2) is 8.83. The van der Waals surface area contributed by atoms with Gasteiger partial charge in [0, 0.05) is 36.7 Å². The lowest BCUT2D eigenvalue weighted by Crippen LogP contribution is -2.35. The number of likely N-dealkylation sites (tertiary alicyclic amines) is 1. The Morgan fingerprint density at radius 2 is 2.03 bits per heavy atom. The zero-order chi connectivity index (χ0) is 23.1. The van der Waals surface area contributed by atoms with Crippen LogP contribution in [0.3, 0.4) is 0 Å². The first kappa shape index (κ1) is 22.0. The Kier molecular flexibility index (Phi) is 5.88. The summed E-state index contributed by atoms with van der Waals surface area (Å²) in [6.07, 6.45) is 7.14. The second-order valence-electron chi connectivity index (χ2n) is 9.36. The first-order chi connectivity index (χ1) is 16.0. The molecule has 5 rings (SSSR count). The highest BCUT2D eigenvalue weighted by Gasteiger charge is 2.28. The zero-order valence-electron chi connectivity index (χ0n) is 19.7. The van der Waals surface area contributed by atoms with Crippen LogP contribution < -0.4 is 0 Å². The lowest BCUT2D eigenvalue weighted by Gasteiger charge is -2.31. The number of pyridine rings is 2. The van der Waals surface area contributed by atoms with Crippen LogP contribution in [0.2, 0.25) is 0 Å². The van der Waals surface area contributed by atoms with Crippen LogP contribution in [0.1, 0.15) is 55.3 Å². The van der Waals surface area contributed by atoms with Gasteiger partial charge in [-0.15, -0.1) is 0 Å². The van der Waals surface area contributed by atoms with Crippen LogP contribution in [0.4, 0.5) is 4.39 Å². The molecule has 0 atom stereocenters. The van der Waals surface area contributed by atoms with E-state index in [0.717, 1.165) is 72.6 Å². The number of ether oxygens (including phenoxy) is 1. The number of H-pyrrole nitrogens is 1. The molecular formula is C25H31FN6O. The number of aromatic amines is 1. The topological polar surface area (TPSA) is 71.3 Å². The summed E-state index contributed by atoms with van der Waals surface area (Å²) < 4.78 is 23.0. The van der Waals surface area contributed by atoms with Crippen molar-refractivity contribution in [1.29, 1.82) is 0 Å². The number of nitrogens with zero attached hydrogens (tertiary/aromatic N) is 5. The highest BCUT2D eigenvalue weighted by atomic mass is 19.1. The predicted molar refractivity (Wildman–Crippen MR) is 127 cm³/mol. The van der Waals surface area contributed by atoms with Crippen molar-refractivity contribution in [3.8, 4) is 11.3 Å². The third-order valence-corrected chi connectivity index (χ3v) is 6.86. The van der Waals surface area contributed by atoms with Crippen molar-refractivity contribution in [2.24, 2.45) is 0 Å². The quantitative estimate of drug-likeness (QED) is 0.462. The average molecular weight is 451 g/mol. The molecule has 4 aromatic heterocycles. The van der Waals surface area contributed by atoms with Crippen LogP contribution in [0.5, 0.6) is 0 Å². The number of halogens is 1. The number of nitrogens with one attached hydrogen (secondary N) is 1. The van der Waals surface area contributed by atoms with Crippen molar-refractivity contribution in [2.75, 3.05) is 33.4 Å². The summed E-state index contributed by atoms with van der Waals surface area (Å²) in [5, 5.41) is 4.97. The van der Waals surface area contributed by atoms with Crippen LogP contribution >= 0.6 is 0 Å². The van der Waals surface area contributed by atoms with Crippen molar-refractivity contribution in [3.05, 3.63) is 47.4 Å². The van der Waals surface area contributed by atoms with E-state index >= 15 is 4.39 Å². The molecule has 174 valence electrons. The minimum Gasteiger partial charge on any atom is -0.383 e. The van der Waals surface area contributed by atoms with E-state index in [0.29, 0.717) is 11.1 Å². The molecule has 1 aliphatic heterocycles. The molecule has 8 heteroatoms. The van der Waals surface area contributed by atoms with E-state index in [9.17, 15) is 0 Å². The van der Waals surface area contributed by atoms with E-state index in [-0.39, 0.29) is 17.7 Å². The van der Waals surface area contributed by atoms with Gasteiger partial charge in [-0.05, 0) is 56.0 Å². The van der Waals surface area contributed by atoms with Gasteiger partial charge in [0.2, 0.25) is 0 Å². The Bertz CT molecular complexity index is 1290. The number of aryl methyl sites for hydroxylation is 1. The number of hydrogen-bond donors (Lipinski definition) is 1. The van der Waals surface area contributed by atoms with Crippen molar-refractivity contribution in [1.82, 2.24) is 29.5 Å². The summed E-state index contributed by atoms with van der Waals surface area (Å²) in [5.41, 5.74) is 6.08. The van der Waals surface area contributed by atoms with Gasteiger partial charge in [0.05, 0.1) is 29.7 Å². The summed E-state index contributed by atoms with van der Waals surface area (Å²) in [5.74, 6) is 0.106. The number of methoxy groups -OCH3 is 1. The summed E-state index contributed by atoms with van der Waals surface area (Å²) in [7, 11) is 1.73. The van der Waals surface area contributed by atoms with Crippen LogP contribution in [0, 0.1) is 12.7 Å². The number of aromatic nitrogens is 5. The normalized spacial score (nSPS) is 15.9. The molecule has 4 aromatic rings. The first-order valence-corrected chi connectivity index (χ1v) is 11.7. The van der Waals surface area contributed by atoms with E-state index < -0.39 is 0 Å². The molecule has 7 nitrogen and oxygen atoms in total. The molecule has 1 saturated heterocycles. The van der Waals surface area contributed by atoms with Gasteiger partial charge >= 0.3 is 0 Å². The monoisotopic (exact) mass is 450 g/mol. The molecule has 0 spiro atoms. The molecule has 1 aliphatic rings. The molecule has 0 saturated carbocycles. The molecular weight excluding hydrogens is 419 g/mol. The summed E-state index contributed by atoms with van der Waals surface area (Å²) in [6.45, 7) is 9.78. The second-order valence-corrected chi connectivity index (χ2v) is 9.36. The van der Waals surface area contributed by atoms with Crippen LogP contribution in [0.25, 0.3) is 27.8 Å². The Morgan fingerprint density at radius 1 is 1.24 bits per heavy atom. The molecule has 33 heavy (non-hydrogen) atoms. The van der Waals surface area contributed by atoms with Crippen molar-refractivity contribution < 1.29 is 9.13 Å². The summed E-state index contributed by atoms with van der Waals surface area (Å²) in [6, 6.07) is 2.09. The molecule has 5 heterocycles. The Morgan fingerprint density at radius 3 is 2.76 bits per heavy atom. The van der Waals surface area contributed by atoms with Gasteiger partial charge in [0.1, 0.15) is 6.33 Å². The van der Waals surface area contributed by atoms with E-state index in [2.05, 4.69) is 44.9 Å². The standard InChI is InChI=1S/C25H31FN6O/c1-15(2)20-21-19(30-23(20)18-11-16(3)25-28-14-29-32(25)13-18)12-27-24(22(21)26)17-5-7-31(8-6-17)9-10-33-4/h11-15,17,30H,5-10H2,1-4H3. The van der Waals surface area contributed by atoms with E-state index in [1.165, 1.54) is 0 Å². The number of fused-ring (bicyclic) bond motifs is 2. The van der Waals surface area contributed by atoms with Gasteiger partial charge in [0.25, 0.3) is 0 Å². The van der Waals surface area contributed by atoms with Crippen LogP contribution in [0.15, 0.2) is 24.8 Å². The number of hydrogen-bond acceptors (Lipinski definition) is 5. The van der Waals surface area contributed by atoms with Gasteiger partial charge in [-0.3, -0.25) is 4.98 Å². The number of rotatable bonds is 6. The SMILES string of the molecule is COCCN1CCC(c2ncc3[nH]c(-c4cc(C)c5ncnn5c4)c(C(C)C)c3c2F)CC1. The molecule has 0 aromatic carbocycles. The highest BCUT2D eigenvalue weighted by Crippen LogP contribution is 2.39. The minimum atomic E-state index is -0.174. The van der Waals surface area contributed by atoms with Crippen molar-refractivity contribution in [3.63, 3.8) is 0 Å². The molecule has 0 aliphatic carbocycles. The third-order valence-electron chi connectivity index (χ3n) is 6.86. The van der Waals surface area contributed by atoms with Gasteiger partial charge in [-0.2, -0.15) is 5.10 Å². The van der Waals surface area contributed by atoms with E-state index in [1.807, 2.05) is 13.1 Å². The minimum absolute atomic E-state index is 0.139. The van der Waals surface area contributed by atoms with Crippen LogP contribution in [-0.2, 0) is 4.74 Å². The Hall–Kier alpha value is -2.84. The Balaban J connectivity index is 1.55. The molecule has 0 amide bonds. The first-order valence-electron chi connectivity index (χ1n) is 11.7. The van der Waals surface area contributed by atoms with Gasteiger partial charge < -0.3 is 14.6 Å². The van der Waals surface area contributed by atoms with Gasteiger partial charge in [-0.1, -0.05) is 13.8 Å². The molecule has 0 bridgehead atoms. The number of piperidine rings is 1. The summed E-state index contributed by atoms with van der Waals surface area (Å²) in [4.78, 5) is 14.8. The fourth-order valence-corrected chi connectivity index (χ4v) is 5.16. The van der Waals surface area contributed by atoms with Gasteiger partial charge in [-0.25, -0.2) is 13.9 Å². The fourth-order valence-electron chi connectivity index (χ4n) is 5.16. The predicted octanol–water partition coefficient (Wildman–Crippen LogP) is 4.67. The Labute approximate surface area is 193 Å². The maximum Gasteiger partial charge on any atom is 0.158 e. The lowest BCUT2D eigenvalue weighted by molar-refractivity contribution is 0.129. The highest BCUT2D eigenvalue weighted by molar-refractivity contribution is 5.92. The summed E-state index contributed by atoms with van der Waals surface area (Å²) >= 11 is 0. The van der Waals surface area contributed by atoms with E-state index in [1.54, 1.807) is 24.1 Å². The average Bonchev–Trinajstić information content (AvgIpc) is 3.44. The lowest BCUT2D eigenvalue weighted by atomic mass is 9.90. The maximum absolute atomic E-state index is 16.0. The molecule has 1 N–H and O–H groups in total. The molecule has 0 unspecified atom stereocenters. The largest absolute Gasteiger partial charge is 0.383 e. The van der Waals surface area contributed by atoms with E-state index in [4.69, 9.17) is 4.74 Å². The molecule has 0 radical (unpaired) electrons. The maximum atomic E-state index is 16.0.